The highest BCUT2D eigenvalue weighted by atomic mass is 16.2. The Morgan fingerprint density at radius 3 is 2.44 bits per heavy atom. The Kier molecular flexibility index (Phi) is 6.89. The average molecular weight is 350 g/mol. The molecule has 1 aromatic heterocycles. The molecule has 0 saturated carbocycles. The van der Waals surface area contributed by atoms with Crippen LogP contribution in [0.1, 0.15) is 26.1 Å². The van der Waals surface area contributed by atoms with Crippen LogP contribution in [0.15, 0.2) is 0 Å². The van der Waals surface area contributed by atoms with Crippen molar-refractivity contribution in [1.29, 1.82) is 0 Å². The summed E-state index contributed by atoms with van der Waals surface area (Å²) in [5.74, 6) is 1.60. The molecule has 9 heteroatoms. The molecule has 3 N–H and O–H groups in total. The van der Waals surface area contributed by atoms with E-state index in [1.807, 2.05) is 25.9 Å². The maximum Gasteiger partial charge on any atom is 0.234 e. The smallest absolute Gasteiger partial charge is 0.234 e. The van der Waals surface area contributed by atoms with Gasteiger partial charge in [0.2, 0.25) is 17.8 Å². The van der Waals surface area contributed by atoms with Gasteiger partial charge in [-0.05, 0) is 13.3 Å². The molecule has 2 rings (SSSR count). The van der Waals surface area contributed by atoms with Gasteiger partial charge in [-0.25, -0.2) is 0 Å². The first-order chi connectivity index (χ1) is 11.9. The predicted molar refractivity (Wildman–Crippen MR) is 98.2 cm³/mol. The van der Waals surface area contributed by atoms with Gasteiger partial charge in [0.15, 0.2) is 0 Å². The summed E-state index contributed by atoms with van der Waals surface area (Å²) in [5, 5.41) is 3.01. The second-order valence-electron chi connectivity index (χ2n) is 6.73. The maximum atomic E-state index is 12.0. The quantitative estimate of drug-likeness (QED) is 0.682. The third-order valence-electron chi connectivity index (χ3n) is 4.30. The molecule has 1 aliphatic rings. The van der Waals surface area contributed by atoms with E-state index >= 15 is 0 Å². The average Bonchev–Trinajstić information content (AvgIpc) is 2.55. The van der Waals surface area contributed by atoms with E-state index in [0.29, 0.717) is 24.9 Å². The van der Waals surface area contributed by atoms with Crippen molar-refractivity contribution in [2.24, 2.45) is 0 Å². The summed E-state index contributed by atoms with van der Waals surface area (Å²) in [6, 6.07) is 0.231. The number of anilines is 2. The molecular formula is C16H30N8O. The van der Waals surface area contributed by atoms with Crippen LogP contribution in [-0.2, 0) is 11.3 Å². The molecular weight excluding hydrogens is 320 g/mol. The Hall–Kier alpha value is -2.00. The second kappa shape index (κ2) is 8.91. The van der Waals surface area contributed by atoms with Crippen LogP contribution < -0.4 is 16.0 Å². The Morgan fingerprint density at radius 2 is 1.84 bits per heavy atom. The minimum absolute atomic E-state index is 0.101. The van der Waals surface area contributed by atoms with Gasteiger partial charge in [0.05, 0.1) is 13.1 Å². The zero-order chi connectivity index (χ0) is 18.4. The van der Waals surface area contributed by atoms with Gasteiger partial charge in [0, 0.05) is 46.3 Å². The first kappa shape index (κ1) is 19.3. The van der Waals surface area contributed by atoms with Crippen molar-refractivity contribution < 1.29 is 4.79 Å². The number of piperazine rings is 1. The Balaban J connectivity index is 1.82. The number of nitrogens with zero attached hydrogens (tertiary/aromatic N) is 6. The molecule has 1 aromatic rings. The molecule has 1 aliphatic heterocycles. The first-order valence-electron chi connectivity index (χ1n) is 8.79. The first-order valence-corrected chi connectivity index (χ1v) is 8.79. The SMILES string of the molecule is CCC(C)NC(=O)CN1CCN(Cc2nc(N)nc(N(C)C)n2)CC1. The lowest BCUT2D eigenvalue weighted by molar-refractivity contribution is -0.123. The van der Waals surface area contributed by atoms with E-state index in [2.05, 4.69) is 37.0 Å². The molecule has 0 spiro atoms. The molecule has 0 aliphatic carbocycles. The van der Waals surface area contributed by atoms with E-state index in [9.17, 15) is 4.79 Å². The number of hydrogen-bond acceptors (Lipinski definition) is 8. The molecule has 1 unspecified atom stereocenters. The summed E-state index contributed by atoms with van der Waals surface area (Å²) in [6.07, 6.45) is 0.948. The topological polar surface area (TPSA) is 104 Å². The summed E-state index contributed by atoms with van der Waals surface area (Å²) >= 11 is 0. The Labute approximate surface area is 149 Å². The van der Waals surface area contributed by atoms with Crippen molar-refractivity contribution in [1.82, 2.24) is 30.1 Å². The number of nitrogens with one attached hydrogen (secondary N) is 1. The number of hydrogen-bond donors (Lipinski definition) is 2. The Morgan fingerprint density at radius 1 is 1.20 bits per heavy atom. The highest BCUT2D eigenvalue weighted by Crippen LogP contribution is 2.10. The van der Waals surface area contributed by atoms with E-state index in [0.717, 1.165) is 32.6 Å². The maximum absolute atomic E-state index is 12.0. The standard InChI is InChI=1S/C16H30N8O/c1-5-12(2)18-14(25)11-24-8-6-23(7-9-24)10-13-19-15(17)21-16(20-13)22(3)4/h12H,5-11H2,1-4H3,(H,18,25)(H2,17,19,20,21). The molecule has 140 valence electrons. The monoisotopic (exact) mass is 350 g/mol. The van der Waals surface area contributed by atoms with Crippen molar-refractivity contribution in [3.63, 3.8) is 0 Å². The molecule has 1 fully saturated rings. The van der Waals surface area contributed by atoms with E-state index in [1.54, 1.807) is 0 Å². The number of nitrogens with two attached hydrogens (primary N) is 1. The summed E-state index contributed by atoms with van der Waals surface area (Å²) in [5.41, 5.74) is 5.77. The summed E-state index contributed by atoms with van der Waals surface area (Å²) in [6.45, 7) is 8.66. The molecule has 0 bridgehead atoms. The molecule has 0 radical (unpaired) electrons. The van der Waals surface area contributed by atoms with E-state index < -0.39 is 0 Å². The van der Waals surface area contributed by atoms with Gasteiger partial charge in [-0.3, -0.25) is 14.6 Å². The lowest BCUT2D eigenvalue weighted by atomic mass is 10.2. The van der Waals surface area contributed by atoms with Crippen molar-refractivity contribution in [2.45, 2.75) is 32.9 Å². The summed E-state index contributed by atoms with van der Waals surface area (Å²) < 4.78 is 0. The van der Waals surface area contributed by atoms with Crippen LogP contribution >= 0.6 is 0 Å². The third-order valence-corrected chi connectivity index (χ3v) is 4.30. The molecule has 1 amide bonds. The minimum Gasteiger partial charge on any atom is -0.368 e. The van der Waals surface area contributed by atoms with Gasteiger partial charge in [-0.1, -0.05) is 6.92 Å². The van der Waals surface area contributed by atoms with Gasteiger partial charge in [0.1, 0.15) is 5.82 Å². The van der Waals surface area contributed by atoms with Crippen molar-refractivity contribution in [3.05, 3.63) is 5.82 Å². The van der Waals surface area contributed by atoms with Crippen molar-refractivity contribution >= 4 is 17.8 Å². The normalized spacial score (nSPS) is 17.3. The van der Waals surface area contributed by atoms with Gasteiger partial charge in [0.25, 0.3) is 0 Å². The lowest BCUT2D eigenvalue weighted by Gasteiger charge is -2.34. The zero-order valence-electron chi connectivity index (χ0n) is 15.7. The van der Waals surface area contributed by atoms with E-state index in [-0.39, 0.29) is 17.9 Å². The van der Waals surface area contributed by atoms with Gasteiger partial charge >= 0.3 is 0 Å². The summed E-state index contributed by atoms with van der Waals surface area (Å²) in [7, 11) is 3.75. The zero-order valence-corrected chi connectivity index (χ0v) is 15.7. The van der Waals surface area contributed by atoms with Crippen molar-refractivity contribution in [2.75, 3.05) is 57.5 Å². The molecule has 25 heavy (non-hydrogen) atoms. The predicted octanol–water partition coefficient (Wildman–Crippen LogP) is -0.448. The van der Waals surface area contributed by atoms with Crippen LogP contribution in [0.2, 0.25) is 0 Å². The molecule has 1 saturated heterocycles. The lowest BCUT2D eigenvalue weighted by Crippen LogP contribution is -2.50. The number of amides is 1. The number of carbonyl (C=O) groups is 1. The number of nitrogen functional groups attached to an aromatic ring is 1. The van der Waals surface area contributed by atoms with Crippen LogP contribution in [-0.4, -0.2) is 83.5 Å². The number of rotatable bonds is 7. The fourth-order valence-electron chi connectivity index (χ4n) is 2.63. The summed E-state index contributed by atoms with van der Waals surface area (Å²) in [4.78, 5) is 31.0. The van der Waals surface area contributed by atoms with Gasteiger partial charge < -0.3 is 16.0 Å². The molecule has 9 nitrogen and oxygen atoms in total. The third kappa shape index (κ3) is 6.09. The van der Waals surface area contributed by atoms with Gasteiger partial charge in [-0.15, -0.1) is 0 Å². The van der Waals surface area contributed by atoms with Crippen LogP contribution in [0.5, 0.6) is 0 Å². The Bertz CT molecular complexity index is 571. The van der Waals surface area contributed by atoms with E-state index in [4.69, 9.17) is 5.73 Å². The number of carbonyl (C=O) groups excluding carboxylic acids is 1. The number of aromatic nitrogens is 3. The molecule has 2 heterocycles. The fourth-order valence-corrected chi connectivity index (χ4v) is 2.63. The van der Waals surface area contributed by atoms with E-state index in [1.165, 1.54) is 0 Å². The van der Waals surface area contributed by atoms with Crippen molar-refractivity contribution in [3.8, 4) is 0 Å². The largest absolute Gasteiger partial charge is 0.368 e. The molecule has 1 atom stereocenters. The van der Waals surface area contributed by atoms with Crippen LogP contribution in [0.4, 0.5) is 11.9 Å². The van der Waals surface area contributed by atoms with Crippen LogP contribution in [0.3, 0.4) is 0 Å². The highest BCUT2D eigenvalue weighted by Gasteiger charge is 2.20. The highest BCUT2D eigenvalue weighted by molar-refractivity contribution is 5.78. The minimum atomic E-state index is 0.101. The van der Waals surface area contributed by atoms with Gasteiger partial charge in [-0.2, -0.15) is 15.0 Å². The second-order valence-corrected chi connectivity index (χ2v) is 6.73. The van der Waals surface area contributed by atoms with Crippen LogP contribution in [0, 0.1) is 0 Å². The fraction of sp³-hybridized carbons (Fsp3) is 0.750. The molecule has 0 aromatic carbocycles. The van der Waals surface area contributed by atoms with Crippen LogP contribution in [0.25, 0.3) is 0 Å².